The van der Waals surface area contributed by atoms with Crippen LogP contribution >= 0.6 is 0 Å². The smallest absolute Gasteiger partial charge is 0.287 e. The van der Waals surface area contributed by atoms with Gasteiger partial charge in [-0.2, -0.15) is 0 Å². The van der Waals surface area contributed by atoms with E-state index in [0.717, 1.165) is 10.9 Å². The number of carbonyl (C=O) groups excluding carboxylic acids is 1. The van der Waals surface area contributed by atoms with Gasteiger partial charge in [-0.25, -0.2) is 0 Å². The molecule has 0 aliphatic carbocycles. The number of benzene rings is 2. The van der Waals surface area contributed by atoms with Gasteiger partial charge in [0.15, 0.2) is 17.1 Å². The Morgan fingerprint density at radius 1 is 1.17 bits per heavy atom. The molecule has 3 aromatic rings. The van der Waals surface area contributed by atoms with Crippen LogP contribution in [-0.4, -0.2) is 13.0 Å². The third-order valence-electron chi connectivity index (χ3n) is 3.88. The zero-order chi connectivity index (χ0) is 16.4. The number of methoxy groups -OCH3 is 1. The number of para-hydroxylation sites is 1. The number of rotatable bonds is 4. The van der Waals surface area contributed by atoms with Gasteiger partial charge in [-0.3, -0.25) is 4.79 Å². The summed E-state index contributed by atoms with van der Waals surface area (Å²) in [5.74, 6) is 0.660. The Bertz CT molecular complexity index is 833. The molecule has 0 aliphatic heterocycles. The van der Waals surface area contributed by atoms with Crippen molar-refractivity contribution in [3.63, 3.8) is 0 Å². The summed E-state index contributed by atoms with van der Waals surface area (Å²) in [5, 5.41) is 3.80. The van der Waals surface area contributed by atoms with Crippen LogP contribution in [0.3, 0.4) is 0 Å². The van der Waals surface area contributed by atoms with Gasteiger partial charge in [0, 0.05) is 5.39 Å². The van der Waals surface area contributed by atoms with Gasteiger partial charge in [0.2, 0.25) is 0 Å². The fourth-order valence-corrected chi connectivity index (χ4v) is 2.52. The van der Waals surface area contributed by atoms with E-state index >= 15 is 0 Å². The molecule has 0 saturated carbocycles. The van der Waals surface area contributed by atoms with E-state index in [0.29, 0.717) is 11.3 Å². The number of hydrogen-bond donors (Lipinski definition) is 1. The molecule has 0 fully saturated rings. The van der Waals surface area contributed by atoms with Gasteiger partial charge in [0.05, 0.1) is 13.2 Å². The molecule has 0 bridgehead atoms. The summed E-state index contributed by atoms with van der Waals surface area (Å²) < 4.78 is 10.9. The Labute approximate surface area is 135 Å². The zero-order valence-corrected chi connectivity index (χ0v) is 13.4. The average molecular weight is 309 g/mol. The fraction of sp³-hybridized carbons (Fsp3) is 0.211. The maximum absolute atomic E-state index is 12.4. The molecule has 2 aromatic carbocycles. The summed E-state index contributed by atoms with van der Waals surface area (Å²) in [5.41, 5.74) is 2.83. The van der Waals surface area contributed by atoms with Gasteiger partial charge >= 0.3 is 0 Å². The van der Waals surface area contributed by atoms with Crippen molar-refractivity contribution in [2.75, 3.05) is 7.11 Å². The minimum Gasteiger partial charge on any atom is -0.493 e. The van der Waals surface area contributed by atoms with E-state index in [4.69, 9.17) is 9.15 Å². The number of ether oxygens (including phenoxy) is 1. The van der Waals surface area contributed by atoms with Gasteiger partial charge in [-0.05, 0) is 31.5 Å². The van der Waals surface area contributed by atoms with E-state index in [2.05, 4.69) is 5.32 Å². The van der Waals surface area contributed by atoms with Crippen LogP contribution in [0.15, 0.2) is 52.9 Å². The van der Waals surface area contributed by atoms with Gasteiger partial charge in [0.1, 0.15) is 0 Å². The molecule has 3 rings (SSSR count). The van der Waals surface area contributed by atoms with Crippen LogP contribution in [0.1, 0.15) is 34.6 Å². The Hall–Kier alpha value is -2.75. The van der Waals surface area contributed by atoms with Crippen LogP contribution < -0.4 is 10.1 Å². The van der Waals surface area contributed by atoms with E-state index in [1.807, 2.05) is 56.3 Å². The van der Waals surface area contributed by atoms with Gasteiger partial charge in [-0.15, -0.1) is 0 Å². The van der Waals surface area contributed by atoms with Crippen molar-refractivity contribution < 1.29 is 13.9 Å². The first kappa shape index (κ1) is 15.2. The van der Waals surface area contributed by atoms with Crippen molar-refractivity contribution in [3.8, 4) is 5.75 Å². The molecule has 4 nitrogen and oxygen atoms in total. The van der Waals surface area contributed by atoms with E-state index in [1.54, 1.807) is 13.2 Å². The molecule has 1 atom stereocenters. The molecule has 1 aromatic heterocycles. The molecular weight excluding hydrogens is 290 g/mol. The molecule has 118 valence electrons. The highest BCUT2D eigenvalue weighted by molar-refractivity contribution is 5.97. The van der Waals surface area contributed by atoms with Crippen LogP contribution in [0, 0.1) is 6.92 Å². The molecule has 1 amide bonds. The fourth-order valence-electron chi connectivity index (χ4n) is 2.52. The quantitative estimate of drug-likeness (QED) is 0.784. The lowest BCUT2D eigenvalue weighted by Gasteiger charge is -2.13. The van der Waals surface area contributed by atoms with E-state index in [-0.39, 0.29) is 17.7 Å². The average Bonchev–Trinajstić information content (AvgIpc) is 2.99. The molecule has 0 unspecified atom stereocenters. The molecule has 1 N–H and O–H groups in total. The zero-order valence-electron chi connectivity index (χ0n) is 13.4. The lowest BCUT2D eigenvalue weighted by Crippen LogP contribution is -2.26. The highest BCUT2D eigenvalue weighted by Gasteiger charge is 2.17. The molecule has 1 heterocycles. The lowest BCUT2D eigenvalue weighted by molar-refractivity contribution is 0.0914. The van der Waals surface area contributed by atoms with Crippen LogP contribution in [0.4, 0.5) is 0 Å². The maximum Gasteiger partial charge on any atom is 0.287 e. The molecule has 4 heteroatoms. The van der Waals surface area contributed by atoms with Gasteiger partial charge < -0.3 is 14.5 Å². The first-order valence-corrected chi connectivity index (χ1v) is 7.52. The third-order valence-corrected chi connectivity index (χ3v) is 3.88. The van der Waals surface area contributed by atoms with Crippen molar-refractivity contribution in [3.05, 3.63) is 65.4 Å². The highest BCUT2D eigenvalue weighted by Crippen LogP contribution is 2.28. The minimum absolute atomic E-state index is 0.0989. The lowest BCUT2D eigenvalue weighted by atomic mass is 10.1. The summed E-state index contributed by atoms with van der Waals surface area (Å²) >= 11 is 0. The summed E-state index contributed by atoms with van der Waals surface area (Å²) in [7, 11) is 1.58. The monoisotopic (exact) mass is 309 g/mol. The Kier molecular flexibility index (Phi) is 4.06. The first-order valence-electron chi connectivity index (χ1n) is 7.52. The number of furan rings is 1. The number of hydrogen-bond acceptors (Lipinski definition) is 3. The predicted molar refractivity (Wildman–Crippen MR) is 89.8 cm³/mol. The second-order valence-corrected chi connectivity index (χ2v) is 5.60. The topological polar surface area (TPSA) is 51.5 Å². The molecule has 0 aliphatic rings. The second kappa shape index (κ2) is 6.16. The molecular formula is C19H19NO3. The van der Waals surface area contributed by atoms with Gasteiger partial charge in [-0.1, -0.05) is 42.0 Å². The predicted octanol–water partition coefficient (Wildman–Crippen LogP) is 4.24. The maximum atomic E-state index is 12.4. The highest BCUT2D eigenvalue weighted by atomic mass is 16.5. The van der Waals surface area contributed by atoms with E-state index in [1.165, 1.54) is 5.56 Å². The Morgan fingerprint density at radius 2 is 1.91 bits per heavy atom. The standard InChI is InChI=1S/C19H19NO3/c1-12-7-9-14(10-8-12)13(2)20-19(21)17-11-15-5-4-6-16(22-3)18(15)23-17/h4-11,13H,1-3H3,(H,20,21)/t13-/m1/s1. The third kappa shape index (κ3) is 3.06. The largest absolute Gasteiger partial charge is 0.493 e. The van der Waals surface area contributed by atoms with Crippen molar-refractivity contribution in [1.82, 2.24) is 5.32 Å². The van der Waals surface area contributed by atoms with Crippen LogP contribution in [0.2, 0.25) is 0 Å². The summed E-state index contributed by atoms with van der Waals surface area (Å²) in [6.45, 7) is 3.99. The molecule has 0 radical (unpaired) electrons. The first-order chi connectivity index (χ1) is 11.1. The molecule has 0 spiro atoms. The van der Waals surface area contributed by atoms with Crippen LogP contribution in [-0.2, 0) is 0 Å². The van der Waals surface area contributed by atoms with E-state index < -0.39 is 0 Å². The normalized spacial score (nSPS) is 12.1. The van der Waals surface area contributed by atoms with Crippen molar-refractivity contribution in [2.24, 2.45) is 0 Å². The van der Waals surface area contributed by atoms with E-state index in [9.17, 15) is 4.79 Å². The second-order valence-electron chi connectivity index (χ2n) is 5.60. The Morgan fingerprint density at radius 3 is 2.61 bits per heavy atom. The Balaban J connectivity index is 1.81. The van der Waals surface area contributed by atoms with Crippen LogP contribution in [0.25, 0.3) is 11.0 Å². The van der Waals surface area contributed by atoms with Crippen LogP contribution in [0.5, 0.6) is 5.75 Å². The minimum atomic E-state index is -0.240. The molecule has 23 heavy (non-hydrogen) atoms. The van der Waals surface area contributed by atoms with Crippen molar-refractivity contribution in [1.29, 1.82) is 0 Å². The number of nitrogens with one attached hydrogen (secondary N) is 1. The summed E-state index contributed by atoms with van der Waals surface area (Å²) in [4.78, 5) is 12.4. The van der Waals surface area contributed by atoms with Crippen molar-refractivity contribution in [2.45, 2.75) is 19.9 Å². The number of amides is 1. The summed E-state index contributed by atoms with van der Waals surface area (Å²) in [6, 6.07) is 15.3. The SMILES string of the molecule is COc1cccc2cc(C(=O)N[C@H](C)c3ccc(C)cc3)oc12. The number of fused-ring (bicyclic) bond motifs is 1. The van der Waals surface area contributed by atoms with Crippen molar-refractivity contribution >= 4 is 16.9 Å². The summed E-state index contributed by atoms with van der Waals surface area (Å²) in [6.07, 6.45) is 0. The number of carbonyl (C=O) groups is 1. The van der Waals surface area contributed by atoms with Gasteiger partial charge in [0.25, 0.3) is 5.91 Å². The molecule has 0 saturated heterocycles. The number of aryl methyl sites for hydroxylation is 1.